The van der Waals surface area contributed by atoms with Crippen molar-refractivity contribution in [2.75, 3.05) is 13.1 Å². The Labute approximate surface area is 221 Å². The molecule has 0 spiro atoms. The zero-order valence-corrected chi connectivity index (χ0v) is 23.4. The number of aryl methyl sites for hydroxylation is 1. The molecule has 2 unspecified atom stereocenters. The van der Waals surface area contributed by atoms with Gasteiger partial charge >= 0.3 is 6.09 Å². The number of rotatable bonds is 15. The summed E-state index contributed by atoms with van der Waals surface area (Å²) in [6.07, 6.45) is 3.40. The molecular weight excluding hydrogens is 472 g/mol. The molecular formula is C28H46N4O5. The molecule has 0 saturated carbocycles. The highest BCUT2D eigenvalue weighted by molar-refractivity contribution is 5.92. The fourth-order valence-electron chi connectivity index (χ4n) is 3.89. The van der Waals surface area contributed by atoms with Crippen LogP contribution in [0.2, 0.25) is 0 Å². The van der Waals surface area contributed by atoms with Crippen molar-refractivity contribution in [2.24, 2.45) is 5.73 Å². The minimum atomic E-state index is -1.08. The van der Waals surface area contributed by atoms with Gasteiger partial charge in [-0.1, -0.05) is 57.9 Å². The van der Waals surface area contributed by atoms with E-state index in [9.17, 15) is 19.2 Å². The standard InChI is InChI=1S/C28H46N4O5/c1-7-10-11-18-30-25(34)24(21-14-12-20(9-3)13-15-21)32(19-8-2)26(35)22(16-17-23(29)33)31-27(36)37-28(4,5)6/h12-15,22,24H,7-11,16-19H2,1-6H3,(H2,29,33)(H,30,34)(H,31,36). The second-order valence-corrected chi connectivity index (χ2v) is 10.2. The smallest absolute Gasteiger partial charge is 0.408 e. The molecule has 1 rings (SSSR count). The third kappa shape index (κ3) is 11.7. The summed E-state index contributed by atoms with van der Waals surface area (Å²) in [5.41, 5.74) is 6.37. The number of alkyl carbamates (subject to hydrolysis) is 1. The Kier molecular flexibility index (Phi) is 13.7. The molecule has 9 heteroatoms. The Morgan fingerprint density at radius 3 is 2.16 bits per heavy atom. The second kappa shape index (κ2) is 15.9. The summed E-state index contributed by atoms with van der Waals surface area (Å²) >= 11 is 0. The van der Waals surface area contributed by atoms with Crippen molar-refractivity contribution in [2.45, 2.75) is 104 Å². The largest absolute Gasteiger partial charge is 0.444 e. The van der Waals surface area contributed by atoms with Gasteiger partial charge in [0.2, 0.25) is 17.7 Å². The van der Waals surface area contributed by atoms with Crippen molar-refractivity contribution in [3.63, 3.8) is 0 Å². The lowest BCUT2D eigenvalue weighted by Crippen LogP contribution is -2.53. The Bertz CT molecular complexity index is 880. The molecule has 0 aliphatic rings. The maximum Gasteiger partial charge on any atom is 0.408 e. The molecule has 0 fully saturated rings. The maximum atomic E-state index is 13.9. The number of benzene rings is 1. The van der Waals surface area contributed by atoms with Gasteiger partial charge in [0.1, 0.15) is 17.7 Å². The van der Waals surface area contributed by atoms with Gasteiger partial charge in [-0.2, -0.15) is 0 Å². The molecule has 0 heterocycles. The molecule has 0 aliphatic heterocycles. The SMILES string of the molecule is CCCCCNC(=O)C(c1ccc(CC)cc1)N(CCC)C(=O)C(CCC(N)=O)NC(=O)OC(C)(C)C. The van der Waals surface area contributed by atoms with Crippen LogP contribution < -0.4 is 16.4 Å². The molecule has 9 nitrogen and oxygen atoms in total. The van der Waals surface area contributed by atoms with Crippen LogP contribution in [-0.4, -0.2) is 53.4 Å². The third-order valence-corrected chi connectivity index (χ3v) is 5.76. The van der Waals surface area contributed by atoms with Gasteiger partial charge in [0.05, 0.1) is 0 Å². The van der Waals surface area contributed by atoms with Crippen LogP contribution in [0.15, 0.2) is 24.3 Å². The highest BCUT2D eigenvalue weighted by Crippen LogP contribution is 2.24. The number of nitrogens with zero attached hydrogens (tertiary/aromatic N) is 1. The molecule has 0 radical (unpaired) electrons. The molecule has 4 N–H and O–H groups in total. The third-order valence-electron chi connectivity index (χ3n) is 5.76. The molecule has 2 atom stereocenters. The first-order valence-corrected chi connectivity index (χ1v) is 13.4. The summed E-state index contributed by atoms with van der Waals surface area (Å²) in [6.45, 7) is 12.0. The van der Waals surface area contributed by atoms with Gasteiger partial charge in [-0.3, -0.25) is 14.4 Å². The number of unbranched alkanes of at least 4 members (excludes halogenated alkanes) is 2. The first-order chi connectivity index (χ1) is 17.4. The van der Waals surface area contributed by atoms with Crippen LogP contribution in [0.5, 0.6) is 0 Å². The lowest BCUT2D eigenvalue weighted by molar-refractivity contribution is -0.142. The molecule has 0 aliphatic carbocycles. The summed E-state index contributed by atoms with van der Waals surface area (Å²) in [5.74, 6) is -1.35. The molecule has 0 bridgehead atoms. The van der Waals surface area contributed by atoms with E-state index < -0.39 is 35.6 Å². The zero-order valence-electron chi connectivity index (χ0n) is 23.4. The molecule has 1 aromatic rings. The number of nitrogens with one attached hydrogen (secondary N) is 2. The van der Waals surface area contributed by atoms with E-state index in [1.54, 1.807) is 20.8 Å². The zero-order chi connectivity index (χ0) is 28.0. The molecule has 0 aromatic heterocycles. The van der Waals surface area contributed by atoms with Gasteiger partial charge in [0.25, 0.3) is 0 Å². The van der Waals surface area contributed by atoms with Crippen LogP contribution >= 0.6 is 0 Å². The Morgan fingerprint density at radius 1 is 1.00 bits per heavy atom. The van der Waals surface area contributed by atoms with E-state index in [1.807, 2.05) is 38.1 Å². The normalized spacial score (nSPS) is 12.8. The Balaban J connectivity index is 3.37. The van der Waals surface area contributed by atoms with Crippen LogP contribution in [0.4, 0.5) is 4.79 Å². The average molecular weight is 519 g/mol. The number of amides is 4. The number of carbonyl (C=O) groups excluding carboxylic acids is 4. The van der Waals surface area contributed by atoms with Gasteiger partial charge in [-0.05, 0) is 57.6 Å². The van der Waals surface area contributed by atoms with Gasteiger partial charge in [-0.25, -0.2) is 4.79 Å². The average Bonchev–Trinajstić information content (AvgIpc) is 2.82. The predicted octanol–water partition coefficient (Wildman–Crippen LogP) is 3.99. The molecule has 208 valence electrons. The van der Waals surface area contributed by atoms with Crippen molar-refractivity contribution < 1.29 is 23.9 Å². The summed E-state index contributed by atoms with van der Waals surface area (Å²) in [7, 11) is 0. The number of primary amides is 1. The minimum absolute atomic E-state index is 0.00671. The molecule has 37 heavy (non-hydrogen) atoms. The van der Waals surface area contributed by atoms with E-state index in [0.29, 0.717) is 18.5 Å². The van der Waals surface area contributed by atoms with Crippen LogP contribution in [-0.2, 0) is 25.5 Å². The van der Waals surface area contributed by atoms with Gasteiger partial charge in [0.15, 0.2) is 0 Å². The van der Waals surface area contributed by atoms with Gasteiger partial charge in [-0.15, -0.1) is 0 Å². The highest BCUT2D eigenvalue weighted by atomic mass is 16.6. The van der Waals surface area contributed by atoms with Crippen molar-refractivity contribution >= 4 is 23.8 Å². The fraction of sp³-hybridized carbons (Fsp3) is 0.643. The highest BCUT2D eigenvalue weighted by Gasteiger charge is 2.35. The lowest BCUT2D eigenvalue weighted by Gasteiger charge is -2.34. The van der Waals surface area contributed by atoms with E-state index in [4.69, 9.17) is 10.5 Å². The van der Waals surface area contributed by atoms with E-state index >= 15 is 0 Å². The summed E-state index contributed by atoms with van der Waals surface area (Å²) in [5, 5.41) is 5.58. The number of nitrogens with two attached hydrogens (primary N) is 1. The van der Waals surface area contributed by atoms with Crippen LogP contribution in [0.1, 0.15) is 97.2 Å². The van der Waals surface area contributed by atoms with Gasteiger partial charge < -0.3 is 26.0 Å². The van der Waals surface area contributed by atoms with Crippen LogP contribution in [0.25, 0.3) is 0 Å². The Hall–Kier alpha value is -3.10. The van der Waals surface area contributed by atoms with Crippen LogP contribution in [0, 0.1) is 0 Å². The Morgan fingerprint density at radius 2 is 1.65 bits per heavy atom. The summed E-state index contributed by atoms with van der Waals surface area (Å²) in [6, 6.07) is 5.65. The second-order valence-electron chi connectivity index (χ2n) is 10.2. The lowest BCUT2D eigenvalue weighted by atomic mass is 9.99. The van der Waals surface area contributed by atoms with Gasteiger partial charge in [0, 0.05) is 19.5 Å². The minimum Gasteiger partial charge on any atom is -0.444 e. The monoisotopic (exact) mass is 518 g/mol. The maximum absolute atomic E-state index is 13.9. The topological polar surface area (TPSA) is 131 Å². The van der Waals surface area contributed by atoms with E-state index in [1.165, 1.54) is 4.90 Å². The van der Waals surface area contributed by atoms with E-state index in [-0.39, 0.29) is 25.3 Å². The van der Waals surface area contributed by atoms with Crippen molar-refractivity contribution in [1.82, 2.24) is 15.5 Å². The molecule has 1 aromatic carbocycles. The number of hydrogen-bond acceptors (Lipinski definition) is 5. The fourth-order valence-corrected chi connectivity index (χ4v) is 3.89. The quantitative estimate of drug-likeness (QED) is 0.302. The summed E-state index contributed by atoms with van der Waals surface area (Å²) < 4.78 is 5.34. The number of ether oxygens (including phenoxy) is 1. The van der Waals surface area contributed by atoms with Crippen molar-refractivity contribution in [1.29, 1.82) is 0 Å². The molecule has 4 amide bonds. The van der Waals surface area contributed by atoms with Crippen molar-refractivity contribution in [3.8, 4) is 0 Å². The van der Waals surface area contributed by atoms with E-state index in [0.717, 1.165) is 31.2 Å². The molecule has 0 saturated heterocycles. The first-order valence-electron chi connectivity index (χ1n) is 13.4. The van der Waals surface area contributed by atoms with Crippen LogP contribution in [0.3, 0.4) is 0 Å². The number of hydrogen-bond donors (Lipinski definition) is 3. The number of carbonyl (C=O) groups is 4. The predicted molar refractivity (Wildman–Crippen MR) is 145 cm³/mol. The van der Waals surface area contributed by atoms with E-state index in [2.05, 4.69) is 17.6 Å². The summed E-state index contributed by atoms with van der Waals surface area (Å²) in [4.78, 5) is 52.9. The first kappa shape index (κ1) is 31.9. The van der Waals surface area contributed by atoms with Crippen molar-refractivity contribution in [3.05, 3.63) is 35.4 Å².